The van der Waals surface area contributed by atoms with Gasteiger partial charge in [-0.05, 0) is 11.6 Å². The van der Waals surface area contributed by atoms with Gasteiger partial charge in [-0.2, -0.15) is 0 Å². The molecule has 0 N–H and O–H groups in total. The van der Waals surface area contributed by atoms with Crippen LogP contribution < -0.4 is 4.90 Å². The predicted octanol–water partition coefficient (Wildman–Crippen LogP) is 3.41. The summed E-state index contributed by atoms with van der Waals surface area (Å²) in [4.78, 5) is 20.7. The van der Waals surface area contributed by atoms with E-state index in [1.165, 1.54) is 10.4 Å². The van der Waals surface area contributed by atoms with E-state index in [0.717, 1.165) is 54.6 Å². The number of fused-ring (bicyclic) bond motifs is 1. The van der Waals surface area contributed by atoms with Crippen LogP contribution in [-0.4, -0.2) is 50.6 Å². The van der Waals surface area contributed by atoms with E-state index >= 15 is 0 Å². The van der Waals surface area contributed by atoms with E-state index in [9.17, 15) is 0 Å². The highest BCUT2D eigenvalue weighted by Crippen LogP contribution is 2.36. The average Bonchev–Trinajstić information content (AvgIpc) is 3.35. The van der Waals surface area contributed by atoms with Crippen LogP contribution >= 0.6 is 11.3 Å². The van der Waals surface area contributed by atoms with Crippen molar-refractivity contribution in [3.05, 3.63) is 60.9 Å². The van der Waals surface area contributed by atoms with Gasteiger partial charge in [-0.15, -0.1) is 11.3 Å². The number of rotatable bonds is 4. The van der Waals surface area contributed by atoms with E-state index in [1.807, 2.05) is 18.5 Å². The molecule has 0 amide bonds. The van der Waals surface area contributed by atoms with Crippen LogP contribution in [0.2, 0.25) is 0 Å². The monoisotopic (exact) mass is 390 g/mol. The summed E-state index contributed by atoms with van der Waals surface area (Å²) in [7, 11) is 2.05. The number of aryl methyl sites for hydroxylation is 1. The Bertz CT molecular complexity index is 1080. The second-order valence-electron chi connectivity index (χ2n) is 7.11. The fourth-order valence-corrected chi connectivity index (χ4v) is 4.71. The molecule has 3 aromatic heterocycles. The zero-order chi connectivity index (χ0) is 18.9. The number of anilines is 1. The molecule has 4 heterocycles. The first-order valence-corrected chi connectivity index (χ1v) is 10.3. The first kappa shape index (κ1) is 17.3. The zero-order valence-corrected chi connectivity index (χ0v) is 16.6. The van der Waals surface area contributed by atoms with Crippen molar-refractivity contribution in [2.24, 2.45) is 7.05 Å². The smallest absolute Gasteiger partial charge is 0.140 e. The fourth-order valence-electron chi connectivity index (χ4n) is 3.71. The highest BCUT2D eigenvalue weighted by atomic mass is 32.1. The van der Waals surface area contributed by atoms with Gasteiger partial charge >= 0.3 is 0 Å². The molecule has 0 unspecified atom stereocenters. The molecule has 0 atom stereocenters. The van der Waals surface area contributed by atoms with Crippen LogP contribution in [0, 0.1) is 0 Å². The molecule has 6 nitrogen and oxygen atoms in total. The third-order valence-electron chi connectivity index (χ3n) is 5.32. The maximum Gasteiger partial charge on any atom is 0.140 e. The third kappa shape index (κ3) is 3.27. The average molecular weight is 391 g/mol. The molecule has 0 radical (unpaired) electrons. The molecule has 7 heteroatoms. The van der Waals surface area contributed by atoms with Crippen LogP contribution in [-0.2, 0) is 13.6 Å². The van der Waals surface area contributed by atoms with Gasteiger partial charge in [0.1, 0.15) is 22.8 Å². The van der Waals surface area contributed by atoms with Gasteiger partial charge in [0.15, 0.2) is 0 Å². The maximum atomic E-state index is 4.64. The molecule has 28 heavy (non-hydrogen) atoms. The summed E-state index contributed by atoms with van der Waals surface area (Å²) in [6.07, 6.45) is 5.57. The van der Waals surface area contributed by atoms with Crippen LogP contribution in [0.15, 0.2) is 55.1 Å². The molecule has 142 valence electrons. The first-order chi connectivity index (χ1) is 13.8. The number of thiophene rings is 1. The lowest BCUT2D eigenvalue weighted by molar-refractivity contribution is 0.241. The minimum absolute atomic E-state index is 0.896. The maximum absolute atomic E-state index is 4.64. The van der Waals surface area contributed by atoms with E-state index < -0.39 is 0 Å². The molecule has 0 aliphatic carbocycles. The predicted molar refractivity (Wildman–Crippen MR) is 114 cm³/mol. The van der Waals surface area contributed by atoms with Gasteiger partial charge in [0.2, 0.25) is 0 Å². The van der Waals surface area contributed by atoms with E-state index in [1.54, 1.807) is 17.7 Å². The lowest BCUT2D eigenvalue weighted by atomic mass is 10.2. The van der Waals surface area contributed by atoms with Crippen molar-refractivity contribution in [1.29, 1.82) is 0 Å². The van der Waals surface area contributed by atoms with Crippen molar-refractivity contribution in [3.8, 4) is 10.4 Å². The Kier molecular flexibility index (Phi) is 4.54. The van der Waals surface area contributed by atoms with Crippen molar-refractivity contribution in [1.82, 2.24) is 24.4 Å². The lowest BCUT2D eigenvalue weighted by Crippen LogP contribution is -2.46. The number of benzene rings is 1. The number of hydrogen-bond donors (Lipinski definition) is 0. The summed E-state index contributed by atoms with van der Waals surface area (Å²) in [5.74, 6) is 2.17. The van der Waals surface area contributed by atoms with Crippen molar-refractivity contribution in [3.63, 3.8) is 0 Å². The summed E-state index contributed by atoms with van der Waals surface area (Å²) >= 11 is 1.73. The van der Waals surface area contributed by atoms with E-state index in [0.29, 0.717) is 0 Å². The normalized spacial score (nSPS) is 15.4. The van der Waals surface area contributed by atoms with Crippen molar-refractivity contribution < 1.29 is 0 Å². The van der Waals surface area contributed by atoms with Crippen molar-refractivity contribution in [2.75, 3.05) is 31.1 Å². The number of hydrogen-bond acceptors (Lipinski definition) is 6. The standard InChI is InChI=1S/C21H22N6S/c1-25-8-7-22-19(25)14-26-9-11-27(12-10-26)20-17-13-18(16-5-3-2-4-6-16)28-21(17)24-15-23-20/h2-8,13,15H,9-12,14H2,1H3. The Morgan fingerprint density at radius 3 is 2.57 bits per heavy atom. The van der Waals surface area contributed by atoms with E-state index in [4.69, 9.17) is 0 Å². The van der Waals surface area contributed by atoms with Gasteiger partial charge in [-0.1, -0.05) is 30.3 Å². The molecule has 1 aliphatic heterocycles. The summed E-state index contributed by atoms with van der Waals surface area (Å²) in [6, 6.07) is 12.7. The zero-order valence-electron chi connectivity index (χ0n) is 15.8. The van der Waals surface area contributed by atoms with Gasteiger partial charge in [-0.3, -0.25) is 4.90 Å². The fraction of sp³-hybridized carbons (Fsp3) is 0.286. The Labute approximate surface area is 168 Å². The van der Waals surface area contributed by atoms with E-state index in [-0.39, 0.29) is 0 Å². The quantitative estimate of drug-likeness (QED) is 0.534. The lowest BCUT2D eigenvalue weighted by Gasteiger charge is -2.35. The SMILES string of the molecule is Cn1ccnc1CN1CCN(c2ncnc3sc(-c4ccccc4)cc23)CC1. The number of imidazole rings is 1. The molecule has 0 bridgehead atoms. The van der Waals surface area contributed by atoms with Crippen LogP contribution in [0.25, 0.3) is 20.7 Å². The van der Waals surface area contributed by atoms with Gasteiger partial charge in [-0.25, -0.2) is 15.0 Å². The molecule has 1 fully saturated rings. The van der Waals surface area contributed by atoms with Gasteiger partial charge in [0.25, 0.3) is 0 Å². The Morgan fingerprint density at radius 1 is 1.00 bits per heavy atom. The minimum atomic E-state index is 0.896. The highest BCUT2D eigenvalue weighted by Gasteiger charge is 2.22. The minimum Gasteiger partial charge on any atom is -0.353 e. The van der Waals surface area contributed by atoms with Crippen LogP contribution in [0.1, 0.15) is 5.82 Å². The van der Waals surface area contributed by atoms with Crippen LogP contribution in [0.3, 0.4) is 0 Å². The molecular formula is C21H22N6S. The number of nitrogens with zero attached hydrogens (tertiary/aromatic N) is 6. The first-order valence-electron chi connectivity index (χ1n) is 9.51. The third-order valence-corrected chi connectivity index (χ3v) is 6.42. The number of piperazine rings is 1. The molecule has 1 aromatic carbocycles. The van der Waals surface area contributed by atoms with Crippen molar-refractivity contribution >= 4 is 27.4 Å². The Balaban J connectivity index is 1.35. The topological polar surface area (TPSA) is 50.1 Å². The molecule has 0 spiro atoms. The Hall–Kier alpha value is -2.77. The number of aromatic nitrogens is 4. The van der Waals surface area contributed by atoms with Gasteiger partial charge in [0.05, 0.1) is 11.9 Å². The Morgan fingerprint density at radius 2 is 1.82 bits per heavy atom. The van der Waals surface area contributed by atoms with Crippen molar-refractivity contribution in [2.45, 2.75) is 6.54 Å². The molecule has 4 aromatic rings. The molecule has 5 rings (SSSR count). The summed E-state index contributed by atoms with van der Waals surface area (Å²) in [5.41, 5.74) is 1.23. The molecular weight excluding hydrogens is 368 g/mol. The molecule has 1 aliphatic rings. The van der Waals surface area contributed by atoms with E-state index in [2.05, 4.69) is 66.7 Å². The largest absolute Gasteiger partial charge is 0.353 e. The summed E-state index contributed by atoms with van der Waals surface area (Å²) < 4.78 is 2.09. The van der Waals surface area contributed by atoms with Crippen LogP contribution in [0.5, 0.6) is 0 Å². The highest BCUT2D eigenvalue weighted by molar-refractivity contribution is 7.21. The van der Waals surface area contributed by atoms with Crippen LogP contribution in [0.4, 0.5) is 5.82 Å². The second-order valence-corrected chi connectivity index (χ2v) is 8.14. The van der Waals surface area contributed by atoms with Gasteiger partial charge < -0.3 is 9.47 Å². The van der Waals surface area contributed by atoms with Gasteiger partial charge in [0, 0.05) is 50.5 Å². The molecule has 1 saturated heterocycles. The summed E-state index contributed by atoms with van der Waals surface area (Å²) in [6.45, 7) is 4.84. The summed E-state index contributed by atoms with van der Waals surface area (Å²) in [5, 5.41) is 1.16. The second kappa shape index (κ2) is 7.33. The molecule has 0 saturated carbocycles.